The van der Waals surface area contributed by atoms with Crippen LogP contribution in [0.2, 0.25) is 0 Å². The van der Waals surface area contributed by atoms with Crippen LogP contribution in [0.5, 0.6) is 0 Å². The third-order valence-corrected chi connectivity index (χ3v) is 6.34. The zero-order valence-corrected chi connectivity index (χ0v) is 14.2. The van der Waals surface area contributed by atoms with E-state index in [9.17, 15) is 4.79 Å². The first-order chi connectivity index (χ1) is 9.62. The summed E-state index contributed by atoms with van der Waals surface area (Å²) in [5.41, 5.74) is 0. The highest BCUT2D eigenvalue weighted by atomic mass is 32.2. The number of rotatable bonds is 5. The number of carbonyl (C=O) groups is 1. The van der Waals surface area contributed by atoms with Crippen molar-refractivity contribution in [3.63, 3.8) is 0 Å². The Morgan fingerprint density at radius 2 is 1.95 bits per heavy atom. The molecule has 0 aromatic carbocycles. The molecular weight excluding hydrogens is 268 g/mol. The van der Waals surface area contributed by atoms with E-state index in [0.717, 1.165) is 18.1 Å². The minimum absolute atomic E-state index is 0.0447. The molecule has 0 spiro atoms. The summed E-state index contributed by atoms with van der Waals surface area (Å²) in [4.78, 5) is 15.0. The molecule has 20 heavy (non-hydrogen) atoms. The lowest BCUT2D eigenvalue weighted by Crippen LogP contribution is -2.46. The Labute approximate surface area is 128 Å². The number of nitrogens with zero attached hydrogens (tertiary/aromatic N) is 1. The molecule has 1 amide bonds. The van der Waals surface area contributed by atoms with Gasteiger partial charge < -0.3 is 4.90 Å². The van der Waals surface area contributed by atoms with Crippen molar-refractivity contribution >= 4 is 17.7 Å². The van der Waals surface area contributed by atoms with Crippen molar-refractivity contribution in [2.75, 3.05) is 6.26 Å². The van der Waals surface area contributed by atoms with Gasteiger partial charge in [-0.2, -0.15) is 11.8 Å². The largest absolute Gasteiger partial charge is 0.323 e. The van der Waals surface area contributed by atoms with E-state index >= 15 is 0 Å². The molecule has 0 aromatic heterocycles. The lowest BCUT2D eigenvalue weighted by atomic mass is 9.92. The molecular formula is C16H30N2OS. The van der Waals surface area contributed by atoms with Gasteiger partial charge in [0.2, 0.25) is 5.91 Å². The lowest BCUT2D eigenvalue weighted by molar-refractivity contribution is -0.133. The summed E-state index contributed by atoms with van der Waals surface area (Å²) in [6.07, 6.45) is 9.44. The third-order valence-electron chi connectivity index (χ3n) is 5.20. The predicted molar refractivity (Wildman–Crippen MR) is 86.9 cm³/mol. The second kappa shape index (κ2) is 7.17. The molecule has 4 heteroatoms. The normalized spacial score (nSPS) is 36.4. The van der Waals surface area contributed by atoms with E-state index in [4.69, 9.17) is 0 Å². The molecule has 2 rings (SSSR count). The van der Waals surface area contributed by atoms with Gasteiger partial charge in [0, 0.05) is 11.3 Å². The van der Waals surface area contributed by atoms with Crippen molar-refractivity contribution in [1.82, 2.24) is 10.2 Å². The van der Waals surface area contributed by atoms with Crippen LogP contribution >= 0.6 is 11.8 Å². The molecule has 1 saturated heterocycles. The maximum atomic E-state index is 12.8. The van der Waals surface area contributed by atoms with Crippen LogP contribution < -0.4 is 5.32 Å². The topological polar surface area (TPSA) is 32.3 Å². The van der Waals surface area contributed by atoms with E-state index < -0.39 is 0 Å². The molecule has 2 aliphatic rings. The minimum Gasteiger partial charge on any atom is -0.323 e. The summed E-state index contributed by atoms with van der Waals surface area (Å²) in [5, 5.41) is 4.39. The van der Waals surface area contributed by atoms with Gasteiger partial charge in [-0.3, -0.25) is 10.1 Å². The molecule has 1 N–H and O–H groups in total. The first-order valence-corrected chi connectivity index (χ1v) is 9.52. The van der Waals surface area contributed by atoms with Crippen molar-refractivity contribution < 1.29 is 4.79 Å². The quantitative estimate of drug-likeness (QED) is 0.845. The Morgan fingerprint density at radius 1 is 1.30 bits per heavy atom. The molecule has 1 saturated carbocycles. The highest BCUT2D eigenvalue weighted by Gasteiger charge is 2.43. The van der Waals surface area contributed by atoms with Crippen LogP contribution in [-0.4, -0.2) is 40.6 Å². The maximum Gasteiger partial charge on any atom is 0.241 e. The zero-order valence-electron chi connectivity index (χ0n) is 13.4. The molecule has 0 aromatic rings. The van der Waals surface area contributed by atoms with Crippen LogP contribution in [0.15, 0.2) is 0 Å². The van der Waals surface area contributed by atoms with Gasteiger partial charge in [0.1, 0.15) is 0 Å². The Kier molecular flexibility index (Phi) is 5.79. The van der Waals surface area contributed by atoms with Gasteiger partial charge in [0.25, 0.3) is 0 Å². The molecule has 1 aliphatic carbocycles. The first-order valence-electron chi connectivity index (χ1n) is 8.23. The predicted octanol–water partition coefficient (Wildman–Crippen LogP) is 3.24. The van der Waals surface area contributed by atoms with Crippen LogP contribution in [-0.2, 0) is 4.79 Å². The number of thioether (sulfide) groups is 1. The maximum absolute atomic E-state index is 12.8. The van der Waals surface area contributed by atoms with Crippen LogP contribution in [0, 0.1) is 5.92 Å². The summed E-state index contributed by atoms with van der Waals surface area (Å²) in [5.74, 6) is 0.794. The van der Waals surface area contributed by atoms with Gasteiger partial charge in [-0.15, -0.1) is 0 Å². The Bertz CT molecular complexity index is 328. The number of amides is 1. The van der Waals surface area contributed by atoms with Crippen molar-refractivity contribution in [1.29, 1.82) is 0 Å². The van der Waals surface area contributed by atoms with E-state index in [2.05, 4.69) is 37.2 Å². The molecule has 1 aliphatic heterocycles. The SMILES string of the molecule is CCC(C)C1NC(CC)N(C2CCC(SC)CC2)C1=O. The van der Waals surface area contributed by atoms with Gasteiger partial charge in [-0.1, -0.05) is 27.2 Å². The fourth-order valence-corrected chi connectivity index (χ4v) is 4.37. The summed E-state index contributed by atoms with van der Waals surface area (Å²) >= 11 is 1.99. The zero-order chi connectivity index (χ0) is 14.7. The van der Waals surface area contributed by atoms with Crippen LogP contribution in [0.4, 0.5) is 0 Å². The number of nitrogens with one attached hydrogen (secondary N) is 1. The van der Waals surface area contributed by atoms with E-state index in [1.54, 1.807) is 0 Å². The van der Waals surface area contributed by atoms with Gasteiger partial charge >= 0.3 is 0 Å². The number of hydrogen-bond donors (Lipinski definition) is 1. The summed E-state index contributed by atoms with van der Waals surface area (Å²) in [6, 6.07) is 0.514. The highest BCUT2D eigenvalue weighted by Crippen LogP contribution is 2.33. The fraction of sp³-hybridized carbons (Fsp3) is 0.938. The Balaban J connectivity index is 2.04. The standard InChI is InChI=1S/C16H30N2OS/c1-5-11(3)15-16(19)18(14(6-2)17-15)12-7-9-13(20-4)10-8-12/h11-15,17H,5-10H2,1-4H3. The van der Waals surface area contributed by atoms with Crippen molar-refractivity contribution in [3.8, 4) is 0 Å². The molecule has 116 valence electrons. The monoisotopic (exact) mass is 298 g/mol. The smallest absolute Gasteiger partial charge is 0.241 e. The second-order valence-corrected chi connectivity index (χ2v) is 7.50. The van der Waals surface area contributed by atoms with E-state index in [1.807, 2.05) is 11.8 Å². The van der Waals surface area contributed by atoms with Gasteiger partial charge in [0.15, 0.2) is 0 Å². The molecule has 0 bridgehead atoms. The highest BCUT2D eigenvalue weighted by molar-refractivity contribution is 7.99. The van der Waals surface area contributed by atoms with Crippen molar-refractivity contribution in [2.45, 2.75) is 82.8 Å². The van der Waals surface area contributed by atoms with Gasteiger partial charge in [-0.05, 0) is 44.3 Å². The lowest BCUT2D eigenvalue weighted by Gasteiger charge is -2.37. The molecule has 1 heterocycles. The average Bonchev–Trinajstić information content (AvgIpc) is 2.83. The fourth-order valence-electron chi connectivity index (χ4n) is 3.62. The molecule has 0 radical (unpaired) electrons. The number of hydrogen-bond acceptors (Lipinski definition) is 3. The molecule has 2 fully saturated rings. The second-order valence-electron chi connectivity index (χ2n) is 6.37. The van der Waals surface area contributed by atoms with Gasteiger partial charge in [-0.25, -0.2) is 0 Å². The van der Waals surface area contributed by atoms with Crippen LogP contribution in [0.3, 0.4) is 0 Å². The van der Waals surface area contributed by atoms with Gasteiger partial charge in [0.05, 0.1) is 12.2 Å². The summed E-state index contributed by atoms with van der Waals surface area (Å²) in [6.45, 7) is 6.55. The average molecular weight is 298 g/mol. The summed E-state index contributed by atoms with van der Waals surface area (Å²) in [7, 11) is 0. The number of carbonyl (C=O) groups excluding carboxylic acids is 1. The Hall–Kier alpha value is -0.220. The van der Waals surface area contributed by atoms with E-state index in [0.29, 0.717) is 17.9 Å². The molecule has 3 nitrogen and oxygen atoms in total. The molecule has 3 atom stereocenters. The Morgan fingerprint density at radius 3 is 2.45 bits per heavy atom. The van der Waals surface area contributed by atoms with Crippen LogP contribution in [0.1, 0.15) is 59.3 Å². The third kappa shape index (κ3) is 3.16. The minimum atomic E-state index is 0.0447. The van der Waals surface area contributed by atoms with E-state index in [1.165, 1.54) is 25.7 Å². The van der Waals surface area contributed by atoms with E-state index in [-0.39, 0.29) is 12.2 Å². The van der Waals surface area contributed by atoms with Crippen molar-refractivity contribution in [2.24, 2.45) is 5.92 Å². The van der Waals surface area contributed by atoms with Crippen LogP contribution in [0.25, 0.3) is 0 Å². The first kappa shape index (κ1) is 16.2. The summed E-state index contributed by atoms with van der Waals surface area (Å²) < 4.78 is 0. The van der Waals surface area contributed by atoms with Crippen molar-refractivity contribution in [3.05, 3.63) is 0 Å². The molecule has 3 unspecified atom stereocenters.